The highest BCUT2D eigenvalue weighted by Gasteiger charge is 2.17. The van der Waals surface area contributed by atoms with E-state index >= 15 is 0 Å². The first-order valence-electron chi connectivity index (χ1n) is 19.5. The summed E-state index contributed by atoms with van der Waals surface area (Å²) in [5.74, 6) is 0. The largest absolute Gasteiger partial charge is 0.0616 e. The zero-order chi connectivity index (χ0) is 36.7. The van der Waals surface area contributed by atoms with Crippen LogP contribution in [0.5, 0.6) is 0 Å². The van der Waals surface area contributed by atoms with E-state index in [2.05, 4.69) is 206 Å². The van der Waals surface area contributed by atoms with E-state index in [9.17, 15) is 0 Å². The maximum atomic E-state index is 2.39. The van der Waals surface area contributed by atoms with E-state index in [0.29, 0.717) is 0 Å². The summed E-state index contributed by atoms with van der Waals surface area (Å²) in [7, 11) is 0. The van der Waals surface area contributed by atoms with Crippen LogP contribution in [0.4, 0.5) is 0 Å². The summed E-state index contributed by atoms with van der Waals surface area (Å²) >= 11 is 0. The van der Waals surface area contributed by atoms with Gasteiger partial charge in [0.2, 0.25) is 0 Å². The molecular weight excluding hydrogens is 673 g/mol. The second kappa shape index (κ2) is 12.1. The first-order valence-corrected chi connectivity index (χ1v) is 19.5. The SMILES string of the molecule is c1ccc2cc(-c3ccc4cccc(-c5ccc6ccc7c(-c8cccc9ccc(-c%10ccc%11ccccc%11c%10)cc89)ccc8ccc5c6c87)c4c3)ccc2c1. The fourth-order valence-corrected chi connectivity index (χ4v) is 9.38. The van der Waals surface area contributed by atoms with Crippen molar-refractivity contribution in [1.29, 1.82) is 0 Å². The second-order valence-corrected chi connectivity index (χ2v) is 15.3. The standard InChI is InChI=1S/C56H34/c1-3-9-41-31-43(19-15-35(41)7-1)45-21-17-37-11-5-13-47(53(37)33-45)49-27-23-39-26-30-52-50(28-24-40-25-29-51(49)55(39)56(40)52)48-14-6-12-38-18-22-46(34-54(38)48)44-20-16-36-8-2-4-10-42(36)32-44/h1-34H. The van der Waals surface area contributed by atoms with Crippen LogP contribution in [0.15, 0.2) is 206 Å². The number of hydrogen-bond donors (Lipinski definition) is 0. The molecule has 0 unspecified atom stereocenters. The van der Waals surface area contributed by atoms with E-state index in [1.54, 1.807) is 0 Å². The molecule has 0 atom stereocenters. The third-order valence-electron chi connectivity index (χ3n) is 12.2. The lowest BCUT2D eigenvalue weighted by atomic mass is 9.85. The average Bonchev–Trinajstić information content (AvgIpc) is 3.27. The van der Waals surface area contributed by atoms with Crippen molar-refractivity contribution in [2.24, 2.45) is 0 Å². The molecule has 0 N–H and O–H groups in total. The molecule has 0 spiro atoms. The van der Waals surface area contributed by atoms with Crippen LogP contribution in [0.1, 0.15) is 0 Å². The summed E-state index contributed by atoms with van der Waals surface area (Å²) in [5, 5.41) is 17.9. The molecule has 0 heterocycles. The molecule has 0 radical (unpaired) electrons. The lowest BCUT2D eigenvalue weighted by Crippen LogP contribution is -1.91. The first-order chi connectivity index (χ1) is 27.7. The van der Waals surface area contributed by atoms with Crippen LogP contribution in [0.25, 0.3) is 120 Å². The highest BCUT2D eigenvalue weighted by Crippen LogP contribution is 2.45. The molecule has 0 aliphatic carbocycles. The zero-order valence-electron chi connectivity index (χ0n) is 30.6. The number of fused-ring (bicyclic) bond motifs is 4. The van der Waals surface area contributed by atoms with Crippen molar-refractivity contribution < 1.29 is 0 Å². The lowest BCUT2D eigenvalue weighted by Gasteiger charge is -2.18. The molecule has 0 aliphatic heterocycles. The van der Waals surface area contributed by atoms with E-state index in [1.807, 2.05) is 0 Å². The molecule has 0 saturated carbocycles. The third-order valence-corrected chi connectivity index (χ3v) is 12.2. The molecule has 0 bridgehead atoms. The van der Waals surface area contributed by atoms with Crippen LogP contribution in [-0.2, 0) is 0 Å². The van der Waals surface area contributed by atoms with Gasteiger partial charge in [0.15, 0.2) is 0 Å². The maximum Gasteiger partial charge on any atom is -0.00203 e. The van der Waals surface area contributed by atoms with Gasteiger partial charge in [-0.1, -0.05) is 182 Å². The van der Waals surface area contributed by atoms with Crippen LogP contribution in [0.3, 0.4) is 0 Å². The smallest absolute Gasteiger partial charge is 0.00203 e. The van der Waals surface area contributed by atoms with Gasteiger partial charge in [0, 0.05) is 0 Å². The van der Waals surface area contributed by atoms with Crippen LogP contribution in [0, 0.1) is 0 Å². The molecule has 0 saturated heterocycles. The quantitative estimate of drug-likeness (QED) is 0.160. The van der Waals surface area contributed by atoms with Crippen molar-refractivity contribution in [3.8, 4) is 44.5 Å². The van der Waals surface area contributed by atoms with Gasteiger partial charge in [-0.05, 0) is 144 Å². The summed E-state index contributed by atoms with van der Waals surface area (Å²) in [6, 6.07) is 76.8. The molecule has 12 rings (SSSR count). The average molecular weight is 707 g/mol. The van der Waals surface area contributed by atoms with Crippen LogP contribution >= 0.6 is 0 Å². The molecule has 0 fully saturated rings. The molecule has 0 amide bonds. The minimum absolute atomic E-state index is 1.23. The van der Waals surface area contributed by atoms with Gasteiger partial charge in [0.05, 0.1) is 0 Å². The van der Waals surface area contributed by atoms with Gasteiger partial charge < -0.3 is 0 Å². The summed E-state index contributed by atoms with van der Waals surface area (Å²) in [6.45, 7) is 0. The van der Waals surface area contributed by atoms with Gasteiger partial charge in [-0.2, -0.15) is 0 Å². The molecule has 0 aliphatic rings. The number of rotatable bonds is 4. The molecule has 12 aromatic carbocycles. The Labute approximate surface area is 324 Å². The Morgan fingerprint density at radius 1 is 0.179 bits per heavy atom. The van der Waals surface area contributed by atoms with E-state index in [4.69, 9.17) is 0 Å². The molecular formula is C56H34. The molecule has 0 nitrogen and oxygen atoms in total. The topological polar surface area (TPSA) is 0 Å². The third kappa shape index (κ3) is 4.79. The van der Waals surface area contributed by atoms with Gasteiger partial charge in [-0.15, -0.1) is 0 Å². The highest BCUT2D eigenvalue weighted by molar-refractivity contribution is 6.28. The molecule has 12 aromatic rings. The van der Waals surface area contributed by atoms with Gasteiger partial charge in [-0.25, -0.2) is 0 Å². The molecule has 56 heavy (non-hydrogen) atoms. The Bertz CT molecular complexity index is 3290. The van der Waals surface area contributed by atoms with Crippen LogP contribution < -0.4 is 0 Å². The van der Waals surface area contributed by atoms with Crippen molar-refractivity contribution in [2.75, 3.05) is 0 Å². The Hall–Kier alpha value is -7.28. The van der Waals surface area contributed by atoms with Crippen LogP contribution in [0.2, 0.25) is 0 Å². The Kier molecular flexibility index (Phi) is 6.73. The fraction of sp³-hybridized carbons (Fsp3) is 0. The van der Waals surface area contributed by atoms with Crippen molar-refractivity contribution >= 4 is 75.4 Å². The predicted octanol–water partition coefficient (Wildman–Crippen LogP) is 15.9. The van der Waals surface area contributed by atoms with E-state index in [1.165, 1.54) is 120 Å². The molecule has 0 aromatic heterocycles. The summed E-state index contributed by atoms with van der Waals surface area (Å²) < 4.78 is 0. The number of hydrogen-bond acceptors (Lipinski definition) is 0. The fourth-order valence-electron chi connectivity index (χ4n) is 9.38. The van der Waals surface area contributed by atoms with E-state index < -0.39 is 0 Å². The van der Waals surface area contributed by atoms with Crippen molar-refractivity contribution in [3.05, 3.63) is 206 Å². The van der Waals surface area contributed by atoms with E-state index in [0.717, 1.165) is 0 Å². The van der Waals surface area contributed by atoms with Gasteiger partial charge in [-0.3, -0.25) is 0 Å². The summed E-state index contributed by atoms with van der Waals surface area (Å²) in [4.78, 5) is 0. The predicted molar refractivity (Wildman–Crippen MR) is 242 cm³/mol. The normalized spacial score (nSPS) is 11.9. The van der Waals surface area contributed by atoms with Crippen molar-refractivity contribution in [2.45, 2.75) is 0 Å². The van der Waals surface area contributed by atoms with Gasteiger partial charge in [0.25, 0.3) is 0 Å². The summed E-state index contributed by atoms with van der Waals surface area (Å²) in [6.07, 6.45) is 0. The minimum atomic E-state index is 1.23. The Balaban J connectivity index is 1.04. The van der Waals surface area contributed by atoms with Gasteiger partial charge in [0.1, 0.15) is 0 Å². The molecule has 0 heteroatoms. The molecule has 258 valence electrons. The number of benzene rings is 12. The Morgan fingerprint density at radius 2 is 0.518 bits per heavy atom. The first kappa shape index (κ1) is 31.1. The summed E-state index contributed by atoms with van der Waals surface area (Å²) in [5.41, 5.74) is 10.0. The maximum absolute atomic E-state index is 2.39. The van der Waals surface area contributed by atoms with E-state index in [-0.39, 0.29) is 0 Å². The van der Waals surface area contributed by atoms with Crippen LogP contribution in [-0.4, -0.2) is 0 Å². The van der Waals surface area contributed by atoms with Gasteiger partial charge >= 0.3 is 0 Å². The minimum Gasteiger partial charge on any atom is -0.0616 e. The van der Waals surface area contributed by atoms with Crippen molar-refractivity contribution in [1.82, 2.24) is 0 Å². The Morgan fingerprint density at radius 3 is 0.982 bits per heavy atom. The van der Waals surface area contributed by atoms with Crippen molar-refractivity contribution in [3.63, 3.8) is 0 Å². The monoisotopic (exact) mass is 706 g/mol. The lowest BCUT2D eigenvalue weighted by molar-refractivity contribution is 1.66. The highest BCUT2D eigenvalue weighted by atomic mass is 14.2. The second-order valence-electron chi connectivity index (χ2n) is 15.3. The zero-order valence-corrected chi connectivity index (χ0v) is 30.6.